The van der Waals surface area contributed by atoms with Crippen molar-refractivity contribution in [2.75, 3.05) is 23.3 Å². The predicted octanol–water partition coefficient (Wildman–Crippen LogP) is 2.79. The molecule has 9 heteroatoms. The molecule has 25 heavy (non-hydrogen) atoms. The zero-order valence-electron chi connectivity index (χ0n) is 13.3. The molecule has 2 fully saturated rings. The van der Waals surface area contributed by atoms with E-state index in [9.17, 15) is 14.3 Å². The Bertz CT molecular complexity index is 809. The van der Waals surface area contributed by atoms with Gasteiger partial charge in [0, 0.05) is 25.3 Å². The van der Waals surface area contributed by atoms with Gasteiger partial charge in [-0.05, 0) is 25.3 Å². The second-order valence-electron chi connectivity index (χ2n) is 6.44. The number of carboxylic acids is 1. The lowest BCUT2D eigenvalue weighted by Crippen LogP contribution is -2.23. The summed E-state index contributed by atoms with van der Waals surface area (Å²) in [5, 5.41) is 20.4. The van der Waals surface area contributed by atoms with Gasteiger partial charge in [0.25, 0.3) is 0 Å². The van der Waals surface area contributed by atoms with Crippen LogP contribution in [0.25, 0.3) is 0 Å². The Balaban J connectivity index is 1.68. The molecular formula is C16H17ClFN5O2. The molecule has 0 bridgehead atoms. The first-order chi connectivity index (χ1) is 12.0. The first-order valence-electron chi connectivity index (χ1n) is 8.17. The van der Waals surface area contributed by atoms with Gasteiger partial charge in [-0.2, -0.15) is 0 Å². The third kappa shape index (κ3) is 3.02. The highest BCUT2D eigenvalue weighted by Gasteiger charge is 2.32. The van der Waals surface area contributed by atoms with Gasteiger partial charge in [0.2, 0.25) is 0 Å². The summed E-state index contributed by atoms with van der Waals surface area (Å²) in [6.07, 6.45) is 6.08. The third-order valence-corrected chi connectivity index (χ3v) is 5.01. The van der Waals surface area contributed by atoms with E-state index in [-0.39, 0.29) is 28.4 Å². The SMILES string of the molecule is O=C(O)c1cc(F)c(N2CCC(n3ccnn3)C2)c(Cl)c1NC1CC1. The number of nitrogens with zero attached hydrogens (tertiary/aromatic N) is 4. The highest BCUT2D eigenvalue weighted by molar-refractivity contribution is 6.36. The fraction of sp³-hybridized carbons (Fsp3) is 0.438. The van der Waals surface area contributed by atoms with Crippen LogP contribution in [-0.2, 0) is 0 Å². The Kier molecular flexibility index (Phi) is 3.99. The summed E-state index contributed by atoms with van der Waals surface area (Å²) in [6.45, 7) is 1.14. The Morgan fingerprint density at radius 3 is 2.84 bits per heavy atom. The Morgan fingerprint density at radius 2 is 2.20 bits per heavy atom. The van der Waals surface area contributed by atoms with Crippen LogP contribution in [0.4, 0.5) is 15.8 Å². The fourth-order valence-electron chi connectivity index (χ4n) is 3.21. The number of halogens is 2. The number of anilines is 2. The summed E-state index contributed by atoms with van der Waals surface area (Å²) < 4.78 is 16.4. The molecule has 1 aliphatic heterocycles. The van der Waals surface area contributed by atoms with E-state index < -0.39 is 11.8 Å². The summed E-state index contributed by atoms with van der Waals surface area (Å²) in [5.41, 5.74) is 0.417. The van der Waals surface area contributed by atoms with Crippen LogP contribution in [0.1, 0.15) is 35.7 Å². The standard InChI is InChI=1S/C16H17ClFN5O2/c17-13-14(20-9-1-2-9)11(16(24)25)7-12(18)15(13)22-5-3-10(8-22)23-6-4-19-21-23/h4,6-7,9-10,20H,1-3,5,8H2,(H,24,25). The van der Waals surface area contributed by atoms with E-state index in [0.29, 0.717) is 18.8 Å². The third-order valence-electron chi connectivity index (χ3n) is 4.64. The van der Waals surface area contributed by atoms with Crippen molar-refractivity contribution in [1.82, 2.24) is 15.0 Å². The highest BCUT2D eigenvalue weighted by Crippen LogP contribution is 2.42. The van der Waals surface area contributed by atoms with E-state index in [1.165, 1.54) is 0 Å². The van der Waals surface area contributed by atoms with Gasteiger partial charge in [-0.3, -0.25) is 0 Å². The van der Waals surface area contributed by atoms with E-state index >= 15 is 0 Å². The lowest BCUT2D eigenvalue weighted by atomic mass is 10.1. The molecule has 1 atom stereocenters. The van der Waals surface area contributed by atoms with E-state index in [4.69, 9.17) is 11.6 Å². The zero-order valence-corrected chi connectivity index (χ0v) is 14.1. The maximum atomic E-state index is 14.7. The maximum Gasteiger partial charge on any atom is 0.337 e. The van der Waals surface area contributed by atoms with Gasteiger partial charge in [0.05, 0.1) is 34.2 Å². The minimum Gasteiger partial charge on any atom is -0.478 e. The number of nitrogens with one attached hydrogen (secondary N) is 1. The van der Waals surface area contributed by atoms with Crippen LogP contribution in [0.15, 0.2) is 18.5 Å². The maximum absolute atomic E-state index is 14.7. The first-order valence-corrected chi connectivity index (χ1v) is 8.55. The van der Waals surface area contributed by atoms with Crippen LogP contribution in [0.2, 0.25) is 5.02 Å². The van der Waals surface area contributed by atoms with Crippen LogP contribution in [0.3, 0.4) is 0 Å². The van der Waals surface area contributed by atoms with Crippen LogP contribution >= 0.6 is 11.6 Å². The monoisotopic (exact) mass is 365 g/mol. The van der Waals surface area contributed by atoms with Crippen molar-refractivity contribution in [2.24, 2.45) is 0 Å². The van der Waals surface area contributed by atoms with Crippen molar-refractivity contribution in [1.29, 1.82) is 0 Å². The summed E-state index contributed by atoms with van der Waals surface area (Å²) >= 11 is 6.45. The molecule has 2 N–H and O–H groups in total. The number of benzene rings is 1. The van der Waals surface area contributed by atoms with Gasteiger partial charge in [-0.15, -0.1) is 5.10 Å². The molecular weight excluding hydrogens is 349 g/mol. The molecule has 132 valence electrons. The molecule has 7 nitrogen and oxygen atoms in total. The van der Waals surface area contributed by atoms with Gasteiger partial charge in [0.1, 0.15) is 5.82 Å². The summed E-state index contributed by atoms with van der Waals surface area (Å²) in [7, 11) is 0. The van der Waals surface area contributed by atoms with E-state index in [1.54, 1.807) is 17.1 Å². The largest absolute Gasteiger partial charge is 0.478 e. The lowest BCUT2D eigenvalue weighted by molar-refractivity contribution is 0.0697. The van der Waals surface area contributed by atoms with Crippen molar-refractivity contribution in [3.63, 3.8) is 0 Å². The molecule has 0 radical (unpaired) electrons. The molecule has 4 rings (SSSR count). The van der Waals surface area contributed by atoms with Gasteiger partial charge in [-0.25, -0.2) is 13.9 Å². The number of aromatic carboxylic acids is 1. The molecule has 1 aromatic carbocycles. The zero-order chi connectivity index (χ0) is 17.6. The minimum atomic E-state index is -1.20. The first kappa shape index (κ1) is 16.1. The van der Waals surface area contributed by atoms with Crippen molar-refractivity contribution in [2.45, 2.75) is 31.3 Å². The Hall–Kier alpha value is -2.35. The van der Waals surface area contributed by atoms with E-state index in [2.05, 4.69) is 15.6 Å². The van der Waals surface area contributed by atoms with E-state index in [0.717, 1.165) is 25.3 Å². The number of carboxylic acid groups (broad SMARTS) is 1. The molecule has 1 unspecified atom stereocenters. The molecule has 1 saturated heterocycles. The van der Waals surface area contributed by atoms with Crippen LogP contribution in [0, 0.1) is 5.82 Å². The topological polar surface area (TPSA) is 83.3 Å². The van der Waals surface area contributed by atoms with Crippen molar-refractivity contribution in [3.8, 4) is 0 Å². The van der Waals surface area contributed by atoms with Crippen molar-refractivity contribution >= 4 is 28.9 Å². The molecule has 0 amide bonds. The molecule has 2 aliphatic rings. The minimum absolute atomic E-state index is 0.0805. The van der Waals surface area contributed by atoms with Crippen molar-refractivity contribution in [3.05, 3.63) is 34.9 Å². The van der Waals surface area contributed by atoms with E-state index in [1.807, 2.05) is 4.90 Å². The average Bonchev–Trinajstić information content (AvgIpc) is 3.03. The van der Waals surface area contributed by atoms with Gasteiger partial charge in [0.15, 0.2) is 0 Å². The van der Waals surface area contributed by atoms with Gasteiger partial charge < -0.3 is 15.3 Å². The molecule has 1 aromatic heterocycles. The molecule has 1 saturated carbocycles. The number of rotatable bonds is 5. The smallest absolute Gasteiger partial charge is 0.337 e. The molecule has 0 spiro atoms. The normalized spacial score (nSPS) is 20.1. The summed E-state index contributed by atoms with van der Waals surface area (Å²) in [4.78, 5) is 13.3. The average molecular weight is 366 g/mol. The fourth-order valence-corrected chi connectivity index (χ4v) is 3.58. The molecule has 2 aromatic rings. The number of hydrogen-bond donors (Lipinski definition) is 2. The Morgan fingerprint density at radius 1 is 1.40 bits per heavy atom. The van der Waals surface area contributed by atoms with Gasteiger partial charge >= 0.3 is 5.97 Å². The Labute approximate surface area is 148 Å². The number of hydrogen-bond acceptors (Lipinski definition) is 5. The van der Waals surface area contributed by atoms with Gasteiger partial charge in [-0.1, -0.05) is 16.8 Å². The predicted molar refractivity (Wildman–Crippen MR) is 90.9 cm³/mol. The number of carbonyl (C=O) groups is 1. The molecule has 1 aliphatic carbocycles. The summed E-state index contributed by atoms with van der Waals surface area (Å²) in [5.74, 6) is -1.82. The van der Waals surface area contributed by atoms with Crippen LogP contribution < -0.4 is 10.2 Å². The quantitative estimate of drug-likeness (QED) is 0.847. The van der Waals surface area contributed by atoms with Crippen LogP contribution in [-0.4, -0.2) is 45.2 Å². The van der Waals surface area contributed by atoms with Crippen LogP contribution in [0.5, 0.6) is 0 Å². The second-order valence-corrected chi connectivity index (χ2v) is 6.82. The second kappa shape index (κ2) is 6.18. The lowest BCUT2D eigenvalue weighted by Gasteiger charge is -2.23. The number of aromatic nitrogens is 3. The van der Waals surface area contributed by atoms with Crippen molar-refractivity contribution < 1.29 is 14.3 Å². The summed E-state index contributed by atoms with van der Waals surface area (Å²) in [6, 6.07) is 1.34. The molecule has 2 heterocycles. The highest BCUT2D eigenvalue weighted by atomic mass is 35.5.